The van der Waals surface area contributed by atoms with Crippen LogP contribution in [-0.4, -0.2) is 0 Å². The Hall–Kier alpha value is -4.68. The van der Waals surface area contributed by atoms with Gasteiger partial charge in [0.1, 0.15) is 0 Å². The van der Waals surface area contributed by atoms with Gasteiger partial charge in [0.2, 0.25) is 0 Å². The molecule has 0 aliphatic rings. The zero-order chi connectivity index (χ0) is 30.4. The maximum atomic E-state index is 2.22. The van der Waals surface area contributed by atoms with Crippen LogP contribution in [0.3, 0.4) is 0 Å². The number of aryl methyl sites for hydroxylation is 6. The zero-order valence-corrected chi connectivity index (χ0v) is 26.2. The fraction of sp³-hybridized carbons (Fsp3) is 0.143. The second-order valence-electron chi connectivity index (χ2n) is 10.4. The van der Waals surface area contributed by atoms with Crippen LogP contribution in [0.4, 0.5) is 0 Å². The Balaban J connectivity index is 0.000000191. The van der Waals surface area contributed by atoms with E-state index in [-0.39, 0.29) is 0 Å². The first-order valence-electron chi connectivity index (χ1n) is 14.5. The molecule has 0 atom stereocenters. The molecule has 0 radical (unpaired) electrons. The molecule has 0 spiro atoms. The highest BCUT2D eigenvalue weighted by Gasteiger charge is 1.96. The van der Waals surface area contributed by atoms with Crippen LogP contribution in [0.1, 0.15) is 33.4 Å². The summed E-state index contributed by atoms with van der Waals surface area (Å²) in [6.45, 7) is 12.6. The van der Waals surface area contributed by atoms with E-state index in [2.05, 4.69) is 139 Å². The number of benzene rings is 6. The Labute approximate surface area is 255 Å². The summed E-state index contributed by atoms with van der Waals surface area (Å²) >= 11 is 0. The topological polar surface area (TPSA) is 0 Å². The predicted molar refractivity (Wildman–Crippen MR) is 186 cm³/mol. The SMILES string of the molecule is Cc1cccc(-c2cccc(C)c2)c1.Cc1ccccc1.Cc1ccccc1.Cc1ccccc1.Cc1ccccc1. The van der Waals surface area contributed by atoms with Gasteiger partial charge in [-0.3, -0.25) is 0 Å². The minimum absolute atomic E-state index is 1.30. The third-order valence-corrected chi connectivity index (χ3v) is 6.13. The van der Waals surface area contributed by atoms with Crippen LogP contribution in [0.25, 0.3) is 11.1 Å². The molecule has 0 nitrogen and oxygen atoms in total. The molecule has 214 valence electrons. The lowest BCUT2D eigenvalue weighted by molar-refractivity contribution is 1.44. The molecule has 0 fully saturated rings. The minimum atomic E-state index is 1.30. The summed E-state index contributed by atoms with van der Waals surface area (Å²) in [5, 5.41) is 0. The van der Waals surface area contributed by atoms with Crippen molar-refractivity contribution in [2.24, 2.45) is 0 Å². The maximum absolute atomic E-state index is 2.22. The predicted octanol–water partition coefficient (Wildman–Crippen LogP) is 12.0. The number of rotatable bonds is 1. The van der Waals surface area contributed by atoms with Crippen molar-refractivity contribution < 1.29 is 0 Å². The monoisotopic (exact) mass is 550 g/mol. The average Bonchev–Trinajstić information content (AvgIpc) is 3.00. The van der Waals surface area contributed by atoms with E-state index in [4.69, 9.17) is 0 Å². The van der Waals surface area contributed by atoms with Crippen LogP contribution < -0.4 is 0 Å². The van der Waals surface area contributed by atoms with Crippen LogP contribution in [0.5, 0.6) is 0 Å². The highest BCUT2D eigenvalue weighted by molar-refractivity contribution is 5.64. The Morgan fingerprint density at radius 3 is 0.595 bits per heavy atom. The van der Waals surface area contributed by atoms with Gasteiger partial charge < -0.3 is 0 Å². The van der Waals surface area contributed by atoms with Gasteiger partial charge in [-0.15, -0.1) is 0 Å². The van der Waals surface area contributed by atoms with Gasteiger partial charge in [-0.2, -0.15) is 0 Å². The summed E-state index contributed by atoms with van der Waals surface area (Å²) in [7, 11) is 0. The average molecular weight is 551 g/mol. The largest absolute Gasteiger partial charge is 0.0622 e. The van der Waals surface area contributed by atoms with Gasteiger partial charge in [-0.05, 0) is 52.7 Å². The van der Waals surface area contributed by atoms with Crippen LogP contribution in [-0.2, 0) is 0 Å². The summed E-state index contributed by atoms with van der Waals surface area (Å²) in [4.78, 5) is 0. The molecule has 0 bridgehead atoms. The van der Waals surface area contributed by atoms with E-state index >= 15 is 0 Å². The molecular formula is C42H46. The third kappa shape index (κ3) is 15.8. The van der Waals surface area contributed by atoms with Crippen LogP contribution >= 0.6 is 0 Å². The molecule has 0 heterocycles. The van der Waals surface area contributed by atoms with Crippen molar-refractivity contribution in [1.29, 1.82) is 0 Å². The molecule has 0 amide bonds. The molecule has 0 saturated carbocycles. The summed E-state index contributed by atoms with van der Waals surface area (Å²) in [6.07, 6.45) is 0. The van der Waals surface area contributed by atoms with Gasteiger partial charge in [0.05, 0.1) is 0 Å². The molecule has 0 N–H and O–H groups in total. The molecule has 0 unspecified atom stereocenters. The zero-order valence-electron chi connectivity index (χ0n) is 26.2. The highest BCUT2D eigenvalue weighted by Crippen LogP contribution is 2.20. The lowest BCUT2D eigenvalue weighted by atomic mass is 10.0. The lowest BCUT2D eigenvalue weighted by Gasteiger charge is -2.03. The minimum Gasteiger partial charge on any atom is -0.0622 e. The van der Waals surface area contributed by atoms with E-state index in [1.807, 2.05) is 72.8 Å². The first kappa shape index (κ1) is 33.5. The Bertz CT molecular complexity index is 1290. The highest BCUT2D eigenvalue weighted by atomic mass is 14.0. The van der Waals surface area contributed by atoms with Crippen molar-refractivity contribution in [3.05, 3.63) is 203 Å². The van der Waals surface area contributed by atoms with E-state index in [1.54, 1.807) is 0 Å². The normalized spacial score (nSPS) is 9.19. The van der Waals surface area contributed by atoms with Gasteiger partial charge in [0.15, 0.2) is 0 Å². The number of hydrogen-bond acceptors (Lipinski definition) is 0. The maximum Gasteiger partial charge on any atom is -0.0181 e. The Morgan fingerprint density at radius 1 is 0.214 bits per heavy atom. The summed E-state index contributed by atoms with van der Waals surface area (Å²) in [5.41, 5.74) is 10.5. The van der Waals surface area contributed by atoms with E-state index in [1.165, 1.54) is 44.5 Å². The first-order valence-corrected chi connectivity index (χ1v) is 14.5. The molecular weight excluding hydrogens is 504 g/mol. The quantitative estimate of drug-likeness (QED) is 0.191. The molecule has 0 aliphatic carbocycles. The summed E-state index contributed by atoms with van der Waals surface area (Å²) < 4.78 is 0. The van der Waals surface area contributed by atoms with Crippen LogP contribution in [0, 0.1) is 41.5 Å². The fourth-order valence-electron chi connectivity index (χ4n) is 3.79. The van der Waals surface area contributed by atoms with E-state index < -0.39 is 0 Å². The third-order valence-electron chi connectivity index (χ3n) is 6.13. The van der Waals surface area contributed by atoms with Crippen LogP contribution in [0.2, 0.25) is 0 Å². The van der Waals surface area contributed by atoms with Gasteiger partial charge in [-0.1, -0.05) is 203 Å². The molecule has 42 heavy (non-hydrogen) atoms. The van der Waals surface area contributed by atoms with Gasteiger partial charge >= 0.3 is 0 Å². The van der Waals surface area contributed by atoms with E-state index in [9.17, 15) is 0 Å². The van der Waals surface area contributed by atoms with Crippen molar-refractivity contribution >= 4 is 0 Å². The summed E-state index contributed by atoms with van der Waals surface area (Å²) in [5.74, 6) is 0. The van der Waals surface area contributed by atoms with Gasteiger partial charge in [0, 0.05) is 0 Å². The smallest absolute Gasteiger partial charge is 0.0181 e. The molecule has 0 aromatic heterocycles. The lowest BCUT2D eigenvalue weighted by Crippen LogP contribution is -1.80. The first-order chi connectivity index (χ1) is 20.3. The van der Waals surface area contributed by atoms with Crippen molar-refractivity contribution in [3.63, 3.8) is 0 Å². The van der Waals surface area contributed by atoms with E-state index in [0.717, 1.165) is 0 Å². The van der Waals surface area contributed by atoms with Gasteiger partial charge in [-0.25, -0.2) is 0 Å². The van der Waals surface area contributed by atoms with Crippen molar-refractivity contribution in [2.45, 2.75) is 41.5 Å². The summed E-state index contributed by atoms with van der Waals surface area (Å²) in [6, 6.07) is 58.2. The second-order valence-corrected chi connectivity index (χ2v) is 10.4. The van der Waals surface area contributed by atoms with Gasteiger partial charge in [0.25, 0.3) is 0 Å². The van der Waals surface area contributed by atoms with Crippen molar-refractivity contribution in [2.75, 3.05) is 0 Å². The van der Waals surface area contributed by atoms with E-state index in [0.29, 0.717) is 0 Å². The Kier molecular flexibility index (Phi) is 16.2. The van der Waals surface area contributed by atoms with Crippen molar-refractivity contribution in [3.8, 4) is 11.1 Å². The molecule has 0 aliphatic heterocycles. The molecule has 0 heteroatoms. The number of hydrogen-bond donors (Lipinski definition) is 0. The van der Waals surface area contributed by atoms with Crippen molar-refractivity contribution in [1.82, 2.24) is 0 Å². The molecule has 6 rings (SSSR count). The Morgan fingerprint density at radius 2 is 0.429 bits per heavy atom. The standard InChI is InChI=1S/C14H14.4C7H8/c1-11-5-3-7-13(9-11)14-8-4-6-12(2)10-14;4*1-7-5-3-2-4-6-7/h3-10H,1-2H3;4*2-6H,1H3. The molecule has 6 aromatic carbocycles. The fourth-order valence-corrected chi connectivity index (χ4v) is 3.79. The molecule has 0 saturated heterocycles. The molecule has 6 aromatic rings. The second kappa shape index (κ2) is 20.2. The van der Waals surface area contributed by atoms with Crippen LogP contribution in [0.15, 0.2) is 170 Å².